The maximum atomic E-state index is 1.94. The second-order valence-electron chi connectivity index (χ2n) is 5.34. The summed E-state index contributed by atoms with van der Waals surface area (Å²) in [6, 6.07) is 0. The van der Waals surface area contributed by atoms with Gasteiger partial charge in [0.25, 0.3) is 0 Å². The van der Waals surface area contributed by atoms with E-state index in [-0.39, 0.29) is 0 Å². The first-order chi connectivity index (χ1) is 5.90. The summed E-state index contributed by atoms with van der Waals surface area (Å²) in [5, 5.41) is 0. The molecule has 0 amide bonds. The third kappa shape index (κ3) is 1.20. The maximum absolute atomic E-state index is 1.94. The van der Waals surface area contributed by atoms with Crippen LogP contribution >= 0.6 is 0 Å². The fraction of sp³-hybridized carbons (Fsp3) is 0.917. The third-order valence-electron chi connectivity index (χ3n) is 4.38. The number of hydrogen-bond donors (Lipinski definition) is 0. The van der Waals surface area contributed by atoms with Gasteiger partial charge in [-0.1, -0.05) is 12.8 Å². The SMILES string of the molecule is C1CC2C[C]1CC1CCC(C2)C1. The fourth-order valence-electron chi connectivity index (χ4n) is 3.86. The van der Waals surface area contributed by atoms with E-state index in [4.69, 9.17) is 0 Å². The summed E-state index contributed by atoms with van der Waals surface area (Å²) in [4.78, 5) is 0. The monoisotopic (exact) mass is 163 g/mol. The molecule has 3 saturated carbocycles. The predicted octanol–water partition coefficient (Wildman–Crippen LogP) is 3.57. The van der Waals surface area contributed by atoms with Crippen molar-refractivity contribution in [3.8, 4) is 0 Å². The zero-order valence-electron chi connectivity index (χ0n) is 7.89. The van der Waals surface area contributed by atoms with Crippen molar-refractivity contribution < 1.29 is 0 Å². The van der Waals surface area contributed by atoms with Crippen LogP contribution in [0.2, 0.25) is 0 Å². The maximum Gasteiger partial charge on any atom is -0.0235 e. The molecule has 0 aromatic carbocycles. The average Bonchev–Trinajstić information content (AvgIpc) is 2.61. The first kappa shape index (κ1) is 7.41. The van der Waals surface area contributed by atoms with Crippen molar-refractivity contribution in [2.45, 2.75) is 51.4 Å². The highest BCUT2D eigenvalue weighted by Crippen LogP contribution is 2.49. The van der Waals surface area contributed by atoms with Gasteiger partial charge in [-0.05, 0) is 62.2 Å². The minimum atomic E-state index is 1.11. The summed E-state index contributed by atoms with van der Waals surface area (Å²) in [5.41, 5.74) is 0. The Hall–Kier alpha value is 0. The minimum absolute atomic E-state index is 1.11. The molecule has 4 bridgehead atoms. The Balaban J connectivity index is 1.78. The molecule has 67 valence electrons. The van der Waals surface area contributed by atoms with Crippen LogP contribution in [0.4, 0.5) is 0 Å². The second kappa shape index (κ2) is 2.75. The molecule has 0 nitrogen and oxygen atoms in total. The first-order valence-electron chi connectivity index (χ1n) is 5.73. The molecule has 3 aliphatic rings. The average molecular weight is 163 g/mol. The lowest BCUT2D eigenvalue weighted by Gasteiger charge is -2.20. The molecule has 3 fully saturated rings. The van der Waals surface area contributed by atoms with Crippen molar-refractivity contribution in [3.05, 3.63) is 5.92 Å². The molecule has 0 aliphatic heterocycles. The van der Waals surface area contributed by atoms with Gasteiger partial charge in [-0.3, -0.25) is 0 Å². The summed E-state index contributed by atoms with van der Waals surface area (Å²) in [6.07, 6.45) is 12.4. The van der Waals surface area contributed by atoms with E-state index in [1.807, 2.05) is 5.92 Å². The van der Waals surface area contributed by atoms with Crippen molar-refractivity contribution in [2.24, 2.45) is 17.8 Å². The Bertz CT molecular complexity index is 137. The normalized spacial score (nSPS) is 47.5. The largest absolute Gasteiger partial charge is 0.0502 e. The smallest absolute Gasteiger partial charge is 0.0235 e. The Labute approximate surface area is 75.7 Å². The van der Waals surface area contributed by atoms with E-state index in [9.17, 15) is 0 Å². The lowest BCUT2D eigenvalue weighted by Crippen LogP contribution is -2.08. The highest BCUT2D eigenvalue weighted by molar-refractivity contribution is 5.03. The van der Waals surface area contributed by atoms with Gasteiger partial charge in [0.2, 0.25) is 0 Å². The highest BCUT2D eigenvalue weighted by atomic mass is 14.4. The van der Waals surface area contributed by atoms with Crippen molar-refractivity contribution in [2.75, 3.05) is 0 Å². The predicted molar refractivity (Wildman–Crippen MR) is 50.6 cm³/mol. The topological polar surface area (TPSA) is 0 Å². The van der Waals surface area contributed by atoms with Gasteiger partial charge in [0.05, 0.1) is 0 Å². The van der Waals surface area contributed by atoms with Crippen LogP contribution in [-0.2, 0) is 0 Å². The van der Waals surface area contributed by atoms with Crippen LogP contribution in [0.15, 0.2) is 0 Å². The minimum Gasteiger partial charge on any atom is -0.0502 e. The van der Waals surface area contributed by atoms with Crippen molar-refractivity contribution >= 4 is 0 Å². The molecule has 0 spiro atoms. The van der Waals surface area contributed by atoms with Crippen LogP contribution in [0.25, 0.3) is 0 Å². The molecule has 0 aromatic heterocycles. The zero-order valence-corrected chi connectivity index (χ0v) is 7.89. The number of rotatable bonds is 0. The molecule has 3 aliphatic carbocycles. The fourth-order valence-corrected chi connectivity index (χ4v) is 3.86. The van der Waals surface area contributed by atoms with Crippen LogP contribution in [-0.4, -0.2) is 0 Å². The summed E-state index contributed by atoms with van der Waals surface area (Å²) >= 11 is 0. The Morgan fingerprint density at radius 1 is 0.750 bits per heavy atom. The molecular weight excluding hydrogens is 144 g/mol. The van der Waals surface area contributed by atoms with Crippen LogP contribution in [0.3, 0.4) is 0 Å². The van der Waals surface area contributed by atoms with Crippen molar-refractivity contribution in [3.63, 3.8) is 0 Å². The van der Waals surface area contributed by atoms with E-state index in [0.29, 0.717) is 0 Å². The summed E-state index contributed by atoms with van der Waals surface area (Å²) < 4.78 is 0. The number of hydrogen-bond acceptors (Lipinski definition) is 0. The second-order valence-corrected chi connectivity index (χ2v) is 5.34. The molecule has 1 radical (unpaired) electrons. The van der Waals surface area contributed by atoms with Crippen LogP contribution < -0.4 is 0 Å². The summed E-state index contributed by atoms with van der Waals surface area (Å²) in [6.45, 7) is 0. The molecular formula is C12H19. The zero-order chi connectivity index (χ0) is 7.97. The van der Waals surface area contributed by atoms with Crippen molar-refractivity contribution in [1.29, 1.82) is 0 Å². The van der Waals surface area contributed by atoms with Crippen LogP contribution in [0.5, 0.6) is 0 Å². The Morgan fingerprint density at radius 3 is 2.25 bits per heavy atom. The molecule has 3 atom stereocenters. The van der Waals surface area contributed by atoms with E-state index in [1.54, 1.807) is 32.1 Å². The number of fused-ring (bicyclic) bond motifs is 4. The van der Waals surface area contributed by atoms with Crippen LogP contribution in [0.1, 0.15) is 51.4 Å². The lowest BCUT2D eigenvalue weighted by molar-refractivity contribution is 0.353. The van der Waals surface area contributed by atoms with E-state index < -0.39 is 0 Å². The van der Waals surface area contributed by atoms with E-state index in [0.717, 1.165) is 17.8 Å². The first-order valence-corrected chi connectivity index (χ1v) is 5.73. The van der Waals surface area contributed by atoms with Gasteiger partial charge >= 0.3 is 0 Å². The lowest BCUT2D eigenvalue weighted by atomic mass is 9.85. The van der Waals surface area contributed by atoms with Gasteiger partial charge in [-0.15, -0.1) is 0 Å². The molecule has 0 heteroatoms. The van der Waals surface area contributed by atoms with E-state index in [2.05, 4.69) is 0 Å². The van der Waals surface area contributed by atoms with Gasteiger partial charge in [0.15, 0.2) is 0 Å². The highest BCUT2D eigenvalue weighted by Gasteiger charge is 2.36. The Kier molecular flexibility index (Phi) is 1.70. The molecule has 0 saturated heterocycles. The molecule has 12 heavy (non-hydrogen) atoms. The molecule has 0 heterocycles. The Morgan fingerprint density at radius 2 is 1.42 bits per heavy atom. The van der Waals surface area contributed by atoms with Gasteiger partial charge in [-0.25, -0.2) is 0 Å². The van der Waals surface area contributed by atoms with Gasteiger partial charge < -0.3 is 0 Å². The van der Waals surface area contributed by atoms with Crippen LogP contribution in [0, 0.1) is 23.7 Å². The standard InChI is InChI=1S/C12H19/c1-2-10-5-9(1)7-11-3-4-12(6-11)8-10/h9-11H,1-8H2. The molecule has 3 rings (SSSR count). The van der Waals surface area contributed by atoms with Gasteiger partial charge in [0.1, 0.15) is 0 Å². The van der Waals surface area contributed by atoms with Gasteiger partial charge in [-0.2, -0.15) is 0 Å². The summed E-state index contributed by atoms with van der Waals surface area (Å²) in [5.74, 6) is 5.30. The third-order valence-corrected chi connectivity index (χ3v) is 4.38. The quantitative estimate of drug-likeness (QED) is 0.512. The van der Waals surface area contributed by atoms with E-state index >= 15 is 0 Å². The van der Waals surface area contributed by atoms with Crippen molar-refractivity contribution in [1.82, 2.24) is 0 Å². The van der Waals surface area contributed by atoms with Gasteiger partial charge in [0, 0.05) is 0 Å². The molecule has 0 N–H and O–H groups in total. The summed E-state index contributed by atoms with van der Waals surface area (Å²) in [7, 11) is 0. The van der Waals surface area contributed by atoms with E-state index in [1.165, 1.54) is 19.3 Å². The molecule has 0 aromatic rings. The molecule has 3 unspecified atom stereocenters.